The molecule has 2 aromatic carbocycles. The lowest BCUT2D eigenvalue weighted by Gasteiger charge is -2.37. The Hall–Kier alpha value is -1.97. The smallest absolute Gasteiger partial charge is 0.261 e. The number of anilines is 1. The minimum absolute atomic E-state index is 0.0783. The first-order valence-corrected chi connectivity index (χ1v) is 12.0. The lowest BCUT2D eigenvalue weighted by Crippen LogP contribution is -2.47. The average molecular weight is 427 g/mol. The van der Waals surface area contributed by atoms with E-state index in [2.05, 4.69) is 4.72 Å². The Morgan fingerprint density at radius 3 is 1.89 bits per heavy atom. The summed E-state index contributed by atoms with van der Waals surface area (Å²) in [6.07, 6.45) is 2.64. The van der Waals surface area contributed by atoms with Gasteiger partial charge in [-0.05, 0) is 75.2 Å². The molecule has 28 heavy (non-hydrogen) atoms. The highest BCUT2D eigenvalue weighted by molar-refractivity contribution is 7.92. The monoisotopic (exact) mass is 426 g/mol. The number of hydrogen-bond acceptors (Lipinski definition) is 4. The van der Waals surface area contributed by atoms with Gasteiger partial charge < -0.3 is 0 Å². The molecule has 3 rings (SSSR count). The molecule has 0 spiro atoms. The van der Waals surface area contributed by atoms with Gasteiger partial charge in [0, 0.05) is 17.8 Å². The van der Waals surface area contributed by atoms with Gasteiger partial charge in [-0.1, -0.05) is 6.42 Å². The van der Waals surface area contributed by atoms with Gasteiger partial charge in [-0.15, -0.1) is 0 Å². The van der Waals surface area contributed by atoms with Crippen LogP contribution in [0.3, 0.4) is 0 Å². The molecule has 2 aromatic rings. The Kier molecular flexibility index (Phi) is 5.79. The molecule has 0 unspecified atom stereocenters. The molecule has 0 bridgehead atoms. The molecular formula is C19H23FN2O4S2. The summed E-state index contributed by atoms with van der Waals surface area (Å²) in [6.45, 7) is 3.80. The molecule has 1 heterocycles. The van der Waals surface area contributed by atoms with Crippen LogP contribution in [0, 0.1) is 5.82 Å². The molecule has 0 aliphatic carbocycles. The molecule has 1 saturated heterocycles. The van der Waals surface area contributed by atoms with E-state index < -0.39 is 25.9 Å². The van der Waals surface area contributed by atoms with Gasteiger partial charge in [0.1, 0.15) is 5.82 Å². The second-order valence-corrected chi connectivity index (χ2v) is 10.6. The van der Waals surface area contributed by atoms with Crippen LogP contribution in [0.1, 0.15) is 33.1 Å². The summed E-state index contributed by atoms with van der Waals surface area (Å²) >= 11 is 0. The molecule has 0 radical (unpaired) electrons. The Morgan fingerprint density at radius 2 is 1.36 bits per heavy atom. The maximum absolute atomic E-state index is 13.0. The quantitative estimate of drug-likeness (QED) is 0.792. The van der Waals surface area contributed by atoms with Crippen molar-refractivity contribution in [3.63, 3.8) is 0 Å². The van der Waals surface area contributed by atoms with Crippen molar-refractivity contribution in [2.24, 2.45) is 0 Å². The van der Waals surface area contributed by atoms with Gasteiger partial charge in [0.05, 0.1) is 9.79 Å². The van der Waals surface area contributed by atoms with Crippen molar-refractivity contribution >= 4 is 25.7 Å². The lowest BCUT2D eigenvalue weighted by atomic mass is 10.0. The van der Waals surface area contributed by atoms with Crippen LogP contribution in [-0.4, -0.2) is 33.2 Å². The first kappa shape index (κ1) is 20.8. The number of nitrogens with zero attached hydrogens (tertiary/aromatic N) is 1. The zero-order valence-electron chi connectivity index (χ0n) is 15.7. The van der Waals surface area contributed by atoms with Crippen LogP contribution in [0.2, 0.25) is 0 Å². The summed E-state index contributed by atoms with van der Waals surface area (Å²) in [6, 6.07) is 9.90. The Morgan fingerprint density at radius 1 is 0.857 bits per heavy atom. The summed E-state index contributed by atoms with van der Waals surface area (Å²) in [5, 5.41) is 0. The second kappa shape index (κ2) is 7.81. The first-order chi connectivity index (χ1) is 13.1. The molecule has 152 valence electrons. The van der Waals surface area contributed by atoms with Crippen molar-refractivity contribution in [1.29, 1.82) is 0 Å². The second-order valence-electron chi connectivity index (χ2n) is 7.05. The van der Waals surface area contributed by atoms with Gasteiger partial charge in [-0.25, -0.2) is 21.2 Å². The van der Waals surface area contributed by atoms with Crippen molar-refractivity contribution in [2.45, 2.75) is 55.0 Å². The fourth-order valence-electron chi connectivity index (χ4n) is 3.52. The fraction of sp³-hybridized carbons (Fsp3) is 0.368. The summed E-state index contributed by atoms with van der Waals surface area (Å²) < 4.78 is 67.7. The van der Waals surface area contributed by atoms with Crippen LogP contribution in [0.15, 0.2) is 58.3 Å². The minimum atomic E-state index is -3.89. The normalized spacial score (nSPS) is 21.4. The maximum Gasteiger partial charge on any atom is 0.261 e. The molecule has 1 N–H and O–H groups in total. The van der Waals surface area contributed by atoms with E-state index in [1.165, 1.54) is 28.6 Å². The highest BCUT2D eigenvalue weighted by Gasteiger charge is 2.35. The fourth-order valence-corrected chi connectivity index (χ4v) is 6.46. The molecule has 0 amide bonds. The Balaban J connectivity index is 1.82. The molecule has 6 nitrogen and oxygen atoms in total. The molecule has 1 aliphatic rings. The predicted octanol–water partition coefficient (Wildman–Crippen LogP) is 3.58. The number of rotatable bonds is 5. The van der Waals surface area contributed by atoms with E-state index in [9.17, 15) is 21.2 Å². The van der Waals surface area contributed by atoms with Crippen LogP contribution in [-0.2, 0) is 20.0 Å². The Bertz CT molecular complexity index is 1030. The molecular weight excluding hydrogens is 403 g/mol. The average Bonchev–Trinajstić information content (AvgIpc) is 2.62. The van der Waals surface area contributed by atoms with Gasteiger partial charge in [0.25, 0.3) is 10.0 Å². The summed E-state index contributed by atoms with van der Waals surface area (Å²) in [5.41, 5.74) is 0.225. The lowest BCUT2D eigenvalue weighted by molar-refractivity contribution is 0.204. The number of halogens is 1. The molecule has 9 heteroatoms. The van der Waals surface area contributed by atoms with Crippen LogP contribution in [0.5, 0.6) is 0 Å². The van der Waals surface area contributed by atoms with E-state index in [4.69, 9.17) is 0 Å². The first-order valence-electron chi connectivity index (χ1n) is 9.03. The molecule has 1 aliphatic heterocycles. The molecule has 0 aromatic heterocycles. The van der Waals surface area contributed by atoms with E-state index >= 15 is 0 Å². The van der Waals surface area contributed by atoms with Crippen LogP contribution < -0.4 is 4.72 Å². The van der Waals surface area contributed by atoms with Crippen LogP contribution >= 0.6 is 0 Å². The van der Waals surface area contributed by atoms with Crippen molar-refractivity contribution in [3.8, 4) is 0 Å². The largest absolute Gasteiger partial charge is 0.280 e. The van der Waals surface area contributed by atoms with E-state index in [0.29, 0.717) is 0 Å². The standard InChI is InChI=1S/C19H23FN2O4S2/c1-14-4-3-5-15(2)22(14)28(25,26)19-12-8-17(9-13-19)21-27(23,24)18-10-6-16(20)7-11-18/h6-15,21H,3-5H2,1-2H3/t14-,15-/m1/s1. The minimum Gasteiger partial charge on any atom is -0.280 e. The maximum atomic E-state index is 13.0. The highest BCUT2D eigenvalue weighted by atomic mass is 32.2. The summed E-state index contributed by atoms with van der Waals surface area (Å²) in [5.74, 6) is -0.533. The van der Waals surface area contributed by atoms with Gasteiger partial charge in [0.2, 0.25) is 10.0 Å². The van der Waals surface area contributed by atoms with Gasteiger partial charge in [0.15, 0.2) is 0 Å². The van der Waals surface area contributed by atoms with Crippen molar-refractivity contribution in [2.75, 3.05) is 4.72 Å². The summed E-state index contributed by atoms with van der Waals surface area (Å²) in [4.78, 5) is 0.0411. The highest BCUT2D eigenvalue weighted by Crippen LogP contribution is 2.30. The van der Waals surface area contributed by atoms with E-state index in [1.807, 2.05) is 13.8 Å². The van der Waals surface area contributed by atoms with Crippen molar-refractivity contribution < 1.29 is 21.2 Å². The van der Waals surface area contributed by atoms with E-state index in [0.717, 1.165) is 43.5 Å². The Labute approximate surface area is 165 Å². The van der Waals surface area contributed by atoms with Gasteiger partial charge in [-0.3, -0.25) is 4.72 Å². The van der Waals surface area contributed by atoms with Crippen LogP contribution in [0.25, 0.3) is 0 Å². The zero-order chi connectivity index (χ0) is 20.5. The SMILES string of the molecule is C[C@@H]1CCC[C@@H](C)N1S(=O)(=O)c1ccc(NS(=O)(=O)c2ccc(F)cc2)cc1. The van der Waals surface area contributed by atoms with E-state index in [1.54, 1.807) is 0 Å². The number of nitrogens with one attached hydrogen (secondary N) is 1. The number of piperidine rings is 1. The topological polar surface area (TPSA) is 83.6 Å². The van der Waals surface area contributed by atoms with Crippen molar-refractivity contribution in [3.05, 3.63) is 54.3 Å². The van der Waals surface area contributed by atoms with Gasteiger partial charge in [-0.2, -0.15) is 4.31 Å². The number of sulfonamides is 2. The van der Waals surface area contributed by atoms with Crippen LogP contribution in [0.4, 0.5) is 10.1 Å². The number of benzene rings is 2. The third kappa shape index (κ3) is 4.21. The van der Waals surface area contributed by atoms with Gasteiger partial charge >= 0.3 is 0 Å². The zero-order valence-corrected chi connectivity index (χ0v) is 17.3. The van der Waals surface area contributed by atoms with E-state index in [-0.39, 0.29) is 27.6 Å². The number of hydrogen-bond donors (Lipinski definition) is 1. The third-order valence-electron chi connectivity index (χ3n) is 4.92. The molecule has 2 atom stereocenters. The molecule has 1 fully saturated rings. The third-order valence-corrected chi connectivity index (χ3v) is 8.46. The molecule has 0 saturated carbocycles. The predicted molar refractivity (Wildman–Crippen MR) is 105 cm³/mol. The summed E-state index contributed by atoms with van der Waals surface area (Å²) in [7, 11) is -7.56. The van der Waals surface area contributed by atoms with Crippen molar-refractivity contribution in [1.82, 2.24) is 4.31 Å².